The van der Waals surface area contributed by atoms with E-state index in [9.17, 15) is 22.9 Å². The molecule has 7 heteroatoms. The molecule has 3 N–H and O–H groups in total. The number of unbranched alkanes of at least 4 members (excludes halogenated alkanes) is 22. The standard InChI is InChI=1S/C36H69NO5S/c1-3-5-7-9-11-13-15-17-18-19-20-21-23-25-27-29-31-35(38)34(33-43(40,41)42)37-36(39)32-30-28-26-24-22-16-14-12-10-8-6-4-2/h12,14,29,31,34-35,38H,3-11,13,15-28,30,32-33H2,1-2H3,(H,37,39)(H,40,41,42)/b14-12-,31-29+. The molecule has 0 fully saturated rings. The van der Waals surface area contributed by atoms with E-state index in [-0.39, 0.29) is 12.3 Å². The van der Waals surface area contributed by atoms with Crippen molar-refractivity contribution in [2.45, 2.75) is 193 Å². The van der Waals surface area contributed by atoms with Crippen molar-refractivity contribution in [1.82, 2.24) is 5.32 Å². The fourth-order valence-corrected chi connectivity index (χ4v) is 6.12. The molecule has 0 aromatic heterocycles. The van der Waals surface area contributed by atoms with E-state index in [1.807, 2.05) is 6.08 Å². The highest BCUT2D eigenvalue weighted by Gasteiger charge is 2.24. The molecule has 0 aromatic carbocycles. The van der Waals surface area contributed by atoms with Crippen molar-refractivity contribution >= 4 is 16.0 Å². The van der Waals surface area contributed by atoms with Crippen LogP contribution in [-0.2, 0) is 14.9 Å². The average molecular weight is 628 g/mol. The number of hydrogen-bond donors (Lipinski definition) is 3. The lowest BCUT2D eigenvalue weighted by Crippen LogP contribution is -2.46. The number of amides is 1. The van der Waals surface area contributed by atoms with Crippen molar-refractivity contribution in [1.29, 1.82) is 0 Å². The fraction of sp³-hybridized carbons (Fsp3) is 0.861. The van der Waals surface area contributed by atoms with E-state index in [4.69, 9.17) is 0 Å². The molecular formula is C36H69NO5S. The van der Waals surface area contributed by atoms with E-state index in [0.717, 1.165) is 57.8 Å². The number of nitrogens with one attached hydrogen (secondary N) is 1. The molecule has 2 unspecified atom stereocenters. The summed E-state index contributed by atoms with van der Waals surface area (Å²) in [6, 6.07) is -1.06. The van der Waals surface area contributed by atoms with Crippen LogP contribution in [0.2, 0.25) is 0 Å². The third kappa shape index (κ3) is 32.0. The van der Waals surface area contributed by atoms with Crippen LogP contribution >= 0.6 is 0 Å². The zero-order valence-corrected chi connectivity index (χ0v) is 28.9. The van der Waals surface area contributed by atoms with Gasteiger partial charge in [-0.1, -0.05) is 154 Å². The highest BCUT2D eigenvalue weighted by molar-refractivity contribution is 7.85. The Bertz CT molecular complexity index is 781. The quantitative estimate of drug-likeness (QED) is 0.0391. The molecule has 6 nitrogen and oxygen atoms in total. The second-order valence-corrected chi connectivity index (χ2v) is 14.0. The molecule has 0 heterocycles. The van der Waals surface area contributed by atoms with Gasteiger partial charge in [0.25, 0.3) is 10.1 Å². The predicted molar refractivity (Wildman–Crippen MR) is 184 cm³/mol. The van der Waals surface area contributed by atoms with E-state index in [0.29, 0.717) is 0 Å². The molecule has 254 valence electrons. The summed E-state index contributed by atoms with van der Waals surface area (Å²) in [7, 11) is -4.34. The van der Waals surface area contributed by atoms with Crippen molar-refractivity contribution in [2.24, 2.45) is 0 Å². The Kier molecular flexibility index (Phi) is 30.0. The zero-order chi connectivity index (χ0) is 31.9. The van der Waals surface area contributed by atoms with E-state index in [1.54, 1.807) is 6.08 Å². The second-order valence-electron chi connectivity index (χ2n) is 12.5. The Morgan fingerprint density at radius 3 is 1.44 bits per heavy atom. The number of allylic oxidation sites excluding steroid dienone is 3. The van der Waals surface area contributed by atoms with Crippen molar-refractivity contribution in [3.63, 3.8) is 0 Å². The molecule has 0 saturated carbocycles. The minimum atomic E-state index is -4.34. The topological polar surface area (TPSA) is 104 Å². The van der Waals surface area contributed by atoms with Gasteiger partial charge in [-0.05, 0) is 44.9 Å². The number of carbonyl (C=O) groups excluding carboxylic acids is 1. The largest absolute Gasteiger partial charge is 0.387 e. The molecule has 0 aliphatic carbocycles. The first-order valence-corrected chi connectivity index (χ1v) is 19.6. The molecule has 1 amide bonds. The Labute approximate surface area is 266 Å². The lowest BCUT2D eigenvalue weighted by atomic mass is 10.0. The maximum Gasteiger partial charge on any atom is 0.267 e. The SMILES string of the molecule is CCCCC/C=C\CCCCCCCC(=O)NC(CS(=O)(=O)O)C(O)/C=C/CCCCCCCCCCCCCCCC. The number of carbonyl (C=O) groups is 1. The van der Waals surface area contributed by atoms with Gasteiger partial charge in [0.15, 0.2) is 0 Å². The van der Waals surface area contributed by atoms with Crippen molar-refractivity contribution in [3.8, 4) is 0 Å². The molecular weight excluding hydrogens is 558 g/mol. The molecule has 0 radical (unpaired) electrons. The Hall–Kier alpha value is -1.18. The molecule has 0 bridgehead atoms. The second kappa shape index (κ2) is 30.8. The van der Waals surface area contributed by atoms with Crippen LogP contribution < -0.4 is 5.32 Å². The molecule has 0 aliphatic rings. The Morgan fingerprint density at radius 2 is 0.977 bits per heavy atom. The van der Waals surface area contributed by atoms with Crippen LogP contribution in [0.15, 0.2) is 24.3 Å². The van der Waals surface area contributed by atoms with Crippen LogP contribution in [0.4, 0.5) is 0 Å². The number of rotatable bonds is 32. The molecule has 2 atom stereocenters. The summed E-state index contributed by atoms with van der Waals surface area (Å²) in [6.45, 7) is 4.48. The van der Waals surface area contributed by atoms with Gasteiger partial charge in [0.2, 0.25) is 5.91 Å². The van der Waals surface area contributed by atoms with Crippen LogP contribution in [0.1, 0.15) is 181 Å². The minimum absolute atomic E-state index is 0.286. The summed E-state index contributed by atoms with van der Waals surface area (Å²) in [4.78, 5) is 12.4. The molecule has 0 aliphatic heterocycles. The first kappa shape index (κ1) is 41.8. The molecule has 43 heavy (non-hydrogen) atoms. The highest BCUT2D eigenvalue weighted by Crippen LogP contribution is 2.14. The first-order valence-electron chi connectivity index (χ1n) is 18.0. The monoisotopic (exact) mass is 627 g/mol. The summed E-state index contributed by atoms with van der Waals surface area (Å²) in [6.07, 6.45) is 37.3. The zero-order valence-electron chi connectivity index (χ0n) is 28.1. The van der Waals surface area contributed by atoms with Crippen LogP contribution in [0, 0.1) is 0 Å². The Morgan fingerprint density at radius 1 is 0.605 bits per heavy atom. The summed E-state index contributed by atoms with van der Waals surface area (Å²) in [5.74, 6) is -0.988. The van der Waals surface area contributed by atoms with E-state index in [2.05, 4.69) is 31.3 Å². The van der Waals surface area contributed by atoms with Gasteiger partial charge in [-0.25, -0.2) is 0 Å². The van der Waals surface area contributed by atoms with Gasteiger partial charge >= 0.3 is 0 Å². The number of aliphatic hydroxyl groups is 1. The maximum absolute atomic E-state index is 12.4. The summed E-state index contributed by atoms with van der Waals surface area (Å²) < 4.78 is 32.3. The van der Waals surface area contributed by atoms with Gasteiger partial charge in [-0.15, -0.1) is 0 Å². The molecule has 0 spiro atoms. The van der Waals surface area contributed by atoms with Crippen LogP contribution in [0.3, 0.4) is 0 Å². The number of aliphatic hydroxyl groups excluding tert-OH is 1. The van der Waals surface area contributed by atoms with Gasteiger partial charge in [-0.2, -0.15) is 8.42 Å². The highest BCUT2D eigenvalue weighted by atomic mass is 32.2. The van der Waals surface area contributed by atoms with Gasteiger partial charge in [0, 0.05) is 6.42 Å². The van der Waals surface area contributed by atoms with Crippen molar-refractivity contribution in [2.75, 3.05) is 5.75 Å². The molecule has 0 saturated heterocycles. The van der Waals surface area contributed by atoms with E-state index < -0.39 is 28.0 Å². The van der Waals surface area contributed by atoms with Crippen LogP contribution in [0.5, 0.6) is 0 Å². The van der Waals surface area contributed by atoms with Crippen LogP contribution in [-0.4, -0.2) is 41.9 Å². The average Bonchev–Trinajstić information content (AvgIpc) is 2.96. The lowest BCUT2D eigenvalue weighted by molar-refractivity contribution is -0.122. The smallest absolute Gasteiger partial charge is 0.267 e. The third-order valence-electron chi connectivity index (χ3n) is 8.12. The van der Waals surface area contributed by atoms with Gasteiger partial charge in [0.05, 0.1) is 17.9 Å². The summed E-state index contributed by atoms with van der Waals surface area (Å²) in [5.41, 5.74) is 0. The molecule has 0 aromatic rings. The van der Waals surface area contributed by atoms with Gasteiger partial charge in [0.1, 0.15) is 0 Å². The van der Waals surface area contributed by atoms with Gasteiger partial charge < -0.3 is 10.4 Å². The van der Waals surface area contributed by atoms with E-state index >= 15 is 0 Å². The normalized spacial score (nSPS) is 13.7. The maximum atomic E-state index is 12.4. The first-order chi connectivity index (χ1) is 20.8. The molecule has 0 rings (SSSR count). The van der Waals surface area contributed by atoms with Crippen molar-refractivity contribution < 1.29 is 22.9 Å². The summed E-state index contributed by atoms with van der Waals surface area (Å²) in [5, 5.41) is 13.2. The third-order valence-corrected chi connectivity index (χ3v) is 8.90. The number of hydrogen-bond acceptors (Lipinski definition) is 4. The van der Waals surface area contributed by atoms with Crippen molar-refractivity contribution in [3.05, 3.63) is 24.3 Å². The lowest BCUT2D eigenvalue weighted by Gasteiger charge is -2.21. The van der Waals surface area contributed by atoms with Gasteiger partial charge in [-0.3, -0.25) is 9.35 Å². The fourth-order valence-electron chi connectivity index (χ4n) is 5.38. The predicted octanol–water partition coefficient (Wildman–Crippen LogP) is 10.0. The minimum Gasteiger partial charge on any atom is -0.387 e. The summed E-state index contributed by atoms with van der Waals surface area (Å²) >= 11 is 0. The van der Waals surface area contributed by atoms with Crippen LogP contribution in [0.25, 0.3) is 0 Å². The van der Waals surface area contributed by atoms with E-state index in [1.165, 1.54) is 103 Å². The Balaban J connectivity index is 4.00.